The summed E-state index contributed by atoms with van der Waals surface area (Å²) in [5.74, 6) is -0.332. The Morgan fingerprint density at radius 2 is 1.64 bits per heavy atom. The van der Waals surface area contributed by atoms with Crippen LogP contribution in [0.15, 0.2) is 89.8 Å². The van der Waals surface area contributed by atoms with Crippen molar-refractivity contribution in [1.29, 1.82) is 0 Å². The molecule has 0 saturated carbocycles. The summed E-state index contributed by atoms with van der Waals surface area (Å²) in [6.07, 6.45) is 1.39. The summed E-state index contributed by atoms with van der Waals surface area (Å²) in [5, 5.41) is 2.80. The quantitative estimate of drug-likeness (QED) is 0.555. The molecule has 0 spiro atoms. The summed E-state index contributed by atoms with van der Waals surface area (Å²) < 4.78 is 27.7. The van der Waals surface area contributed by atoms with Crippen LogP contribution in [0.5, 0.6) is 0 Å². The number of nitrogens with zero attached hydrogens (tertiary/aromatic N) is 2. The number of rotatable bonds is 8. The summed E-state index contributed by atoms with van der Waals surface area (Å²) in [5.41, 5.74) is 2.05. The van der Waals surface area contributed by atoms with Gasteiger partial charge in [-0.1, -0.05) is 48.5 Å². The van der Waals surface area contributed by atoms with E-state index in [9.17, 15) is 18.0 Å². The van der Waals surface area contributed by atoms with E-state index in [0.717, 1.165) is 22.0 Å². The molecule has 1 heterocycles. The van der Waals surface area contributed by atoms with E-state index in [1.165, 1.54) is 12.1 Å². The molecular weight excluding hydrogens is 438 g/mol. The van der Waals surface area contributed by atoms with Crippen LogP contribution in [0.25, 0.3) is 0 Å². The summed E-state index contributed by atoms with van der Waals surface area (Å²) in [7, 11) is -3.93. The van der Waals surface area contributed by atoms with Crippen LogP contribution in [0.1, 0.15) is 18.4 Å². The average Bonchev–Trinajstić information content (AvgIpc) is 3.28. The lowest BCUT2D eigenvalue weighted by atomic mass is 10.2. The molecule has 3 aromatic carbocycles. The fraction of sp³-hybridized carbons (Fsp3) is 0.200. The van der Waals surface area contributed by atoms with Crippen molar-refractivity contribution in [3.8, 4) is 0 Å². The molecule has 1 aliphatic heterocycles. The average molecular weight is 464 g/mol. The predicted molar refractivity (Wildman–Crippen MR) is 127 cm³/mol. The third-order valence-electron chi connectivity index (χ3n) is 5.45. The first-order valence-corrected chi connectivity index (χ1v) is 12.2. The molecule has 3 aromatic rings. The highest BCUT2D eigenvalue weighted by molar-refractivity contribution is 7.92. The standard InChI is InChI=1S/C25H25N3O4S/c29-24(26-18-20-9-7-12-22(17-20)27-16-8-15-25(27)30)19-28(21-10-3-1-4-11-21)33(31,32)23-13-5-2-6-14-23/h1-7,9-14,17H,8,15-16,18-19H2,(H,26,29). The van der Waals surface area contributed by atoms with E-state index < -0.39 is 15.9 Å². The fourth-order valence-electron chi connectivity index (χ4n) is 3.77. The topological polar surface area (TPSA) is 86.8 Å². The monoisotopic (exact) mass is 463 g/mol. The van der Waals surface area contributed by atoms with Gasteiger partial charge in [0.2, 0.25) is 11.8 Å². The number of nitrogens with one attached hydrogen (secondary N) is 1. The zero-order chi connectivity index (χ0) is 23.3. The van der Waals surface area contributed by atoms with Crippen molar-refractivity contribution in [1.82, 2.24) is 5.32 Å². The molecule has 170 valence electrons. The molecule has 0 bridgehead atoms. The Bertz CT molecular complexity index is 1230. The van der Waals surface area contributed by atoms with Crippen LogP contribution >= 0.6 is 0 Å². The number of amides is 2. The lowest BCUT2D eigenvalue weighted by Gasteiger charge is -2.24. The van der Waals surface area contributed by atoms with Crippen LogP contribution in [0.4, 0.5) is 11.4 Å². The number of hydrogen-bond donors (Lipinski definition) is 1. The van der Waals surface area contributed by atoms with E-state index in [1.54, 1.807) is 53.4 Å². The lowest BCUT2D eigenvalue weighted by molar-refractivity contribution is -0.120. The van der Waals surface area contributed by atoms with Crippen molar-refractivity contribution >= 4 is 33.2 Å². The number of para-hydroxylation sites is 1. The van der Waals surface area contributed by atoms with Crippen LogP contribution < -0.4 is 14.5 Å². The molecule has 1 fully saturated rings. The van der Waals surface area contributed by atoms with E-state index in [2.05, 4.69) is 5.32 Å². The van der Waals surface area contributed by atoms with Crippen molar-refractivity contribution in [3.63, 3.8) is 0 Å². The second-order valence-corrected chi connectivity index (χ2v) is 9.62. The molecule has 2 amide bonds. The molecule has 0 radical (unpaired) electrons. The molecule has 33 heavy (non-hydrogen) atoms. The van der Waals surface area contributed by atoms with Crippen molar-refractivity contribution in [2.24, 2.45) is 0 Å². The minimum atomic E-state index is -3.93. The molecule has 0 aliphatic carbocycles. The smallest absolute Gasteiger partial charge is 0.264 e. The number of carbonyl (C=O) groups is 2. The van der Waals surface area contributed by atoms with E-state index in [4.69, 9.17) is 0 Å². The van der Waals surface area contributed by atoms with Gasteiger partial charge in [-0.2, -0.15) is 0 Å². The Morgan fingerprint density at radius 3 is 2.30 bits per heavy atom. The first-order chi connectivity index (χ1) is 15.9. The summed E-state index contributed by atoms with van der Waals surface area (Å²) >= 11 is 0. The Labute approximate surface area is 193 Å². The molecule has 4 rings (SSSR count). The van der Waals surface area contributed by atoms with E-state index in [1.807, 2.05) is 24.3 Å². The highest BCUT2D eigenvalue weighted by atomic mass is 32.2. The second kappa shape index (κ2) is 9.87. The number of anilines is 2. The molecule has 0 unspecified atom stereocenters. The Hall–Kier alpha value is -3.65. The van der Waals surface area contributed by atoms with Crippen LogP contribution in [0.2, 0.25) is 0 Å². The molecule has 0 atom stereocenters. The molecule has 1 saturated heterocycles. The van der Waals surface area contributed by atoms with Gasteiger partial charge in [0.15, 0.2) is 0 Å². The highest BCUT2D eigenvalue weighted by Crippen LogP contribution is 2.24. The highest BCUT2D eigenvalue weighted by Gasteiger charge is 2.27. The minimum absolute atomic E-state index is 0.0980. The Kier molecular flexibility index (Phi) is 6.74. The number of carbonyl (C=O) groups excluding carboxylic acids is 2. The van der Waals surface area contributed by atoms with E-state index >= 15 is 0 Å². The Balaban J connectivity index is 1.49. The minimum Gasteiger partial charge on any atom is -0.350 e. The lowest BCUT2D eigenvalue weighted by Crippen LogP contribution is -2.40. The van der Waals surface area contributed by atoms with Crippen LogP contribution in [-0.4, -0.2) is 33.3 Å². The van der Waals surface area contributed by atoms with Crippen LogP contribution in [0.3, 0.4) is 0 Å². The zero-order valence-electron chi connectivity index (χ0n) is 18.1. The number of hydrogen-bond acceptors (Lipinski definition) is 4. The summed E-state index contributed by atoms with van der Waals surface area (Å²) in [6.45, 7) is 0.562. The van der Waals surface area contributed by atoms with Gasteiger partial charge in [0.05, 0.1) is 10.6 Å². The fourth-order valence-corrected chi connectivity index (χ4v) is 5.21. The van der Waals surface area contributed by atoms with Gasteiger partial charge in [-0.25, -0.2) is 8.42 Å². The van der Waals surface area contributed by atoms with Gasteiger partial charge < -0.3 is 10.2 Å². The summed E-state index contributed by atoms with van der Waals surface area (Å²) in [6, 6.07) is 24.1. The first kappa shape index (κ1) is 22.5. The Morgan fingerprint density at radius 1 is 0.939 bits per heavy atom. The normalized spacial score (nSPS) is 13.7. The van der Waals surface area contributed by atoms with Gasteiger partial charge in [-0.3, -0.25) is 13.9 Å². The molecular formula is C25H25N3O4S. The maximum Gasteiger partial charge on any atom is 0.264 e. The van der Waals surface area contributed by atoms with Crippen LogP contribution in [-0.2, 0) is 26.2 Å². The maximum absolute atomic E-state index is 13.3. The number of sulfonamides is 1. The van der Waals surface area contributed by atoms with Gasteiger partial charge in [0, 0.05) is 25.2 Å². The second-order valence-electron chi connectivity index (χ2n) is 7.76. The molecule has 1 aliphatic rings. The maximum atomic E-state index is 13.3. The third kappa shape index (κ3) is 5.23. The molecule has 0 aromatic heterocycles. The van der Waals surface area contributed by atoms with Crippen molar-refractivity contribution < 1.29 is 18.0 Å². The third-order valence-corrected chi connectivity index (χ3v) is 7.24. The van der Waals surface area contributed by atoms with Gasteiger partial charge in [0.1, 0.15) is 6.54 Å². The van der Waals surface area contributed by atoms with E-state index in [-0.39, 0.29) is 23.9 Å². The molecule has 7 nitrogen and oxygen atoms in total. The first-order valence-electron chi connectivity index (χ1n) is 10.7. The van der Waals surface area contributed by atoms with Crippen molar-refractivity contribution in [2.75, 3.05) is 22.3 Å². The van der Waals surface area contributed by atoms with Gasteiger partial charge in [-0.05, 0) is 48.4 Å². The molecule has 8 heteroatoms. The summed E-state index contributed by atoms with van der Waals surface area (Å²) in [4.78, 5) is 26.7. The zero-order valence-corrected chi connectivity index (χ0v) is 18.9. The number of benzene rings is 3. The molecule has 1 N–H and O–H groups in total. The predicted octanol–water partition coefficient (Wildman–Crippen LogP) is 3.33. The van der Waals surface area contributed by atoms with Gasteiger partial charge in [-0.15, -0.1) is 0 Å². The van der Waals surface area contributed by atoms with Gasteiger partial charge >= 0.3 is 0 Å². The van der Waals surface area contributed by atoms with Crippen LogP contribution in [0, 0.1) is 0 Å². The van der Waals surface area contributed by atoms with Crippen molar-refractivity contribution in [2.45, 2.75) is 24.3 Å². The largest absolute Gasteiger partial charge is 0.350 e. The SMILES string of the molecule is O=C(CN(c1ccccc1)S(=O)(=O)c1ccccc1)NCc1cccc(N2CCCC2=O)c1. The van der Waals surface area contributed by atoms with E-state index in [0.29, 0.717) is 18.7 Å². The van der Waals surface area contributed by atoms with Gasteiger partial charge in [0.25, 0.3) is 10.0 Å². The van der Waals surface area contributed by atoms with Crippen molar-refractivity contribution in [3.05, 3.63) is 90.5 Å².